The van der Waals surface area contributed by atoms with Crippen LogP contribution in [-0.4, -0.2) is 22.4 Å². The summed E-state index contributed by atoms with van der Waals surface area (Å²) in [6, 6.07) is 0.469. The third-order valence-corrected chi connectivity index (χ3v) is 3.64. The van der Waals surface area contributed by atoms with Gasteiger partial charge in [0.1, 0.15) is 0 Å². The summed E-state index contributed by atoms with van der Waals surface area (Å²) in [5, 5.41) is 4.34. The normalized spacial score (nSPS) is 16.6. The van der Waals surface area contributed by atoms with Crippen LogP contribution in [0.4, 0.5) is 0 Å². The van der Waals surface area contributed by atoms with Gasteiger partial charge in [-0.25, -0.2) is 4.79 Å². The van der Waals surface area contributed by atoms with E-state index in [1.165, 1.54) is 25.7 Å². The van der Waals surface area contributed by atoms with Crippen LogP contribution in [0.3, 0.4) is 0 Å². The topological polar surface area (TPSA) is 44.1 Å². The molecule has 1 saturated carbocycles. The Labute approximate surface area is 108 Å². The second kappa shape index (κ2) is 5.16. The zero-order chi connectivity index (χ0) is 11.5. The molecule has 1 aliphatic rings. The molecule has 1 fully saturated rings. The smallest absolute Gasteiger partial charge is 0.359 e. The van der Waals surface area contributed by atoms with Gasteiger partial charge in [-0.05, 0) is 42.4 Å². The lowest BCUT2D eigenvalue weighted by Gasteiger charge is -2.08. The Balaban J connectivity index is 2.17. The monoisotopic (exact) mass is 334 g/mol. The Bertz CT molecular complexity index is 383. The van der Waals surface area contributed by atoms with Gasteiger partial charge in [0.15, 0.2) is 5.69 Å². The van der Waals surface area contributed by atoms with E-state index in [1.807, 2.05) is 10.9 Å². The summed E-state index contributed by atoms with van der Waals surface area (Å²) >= 11 is 2.14. The highest BCUT2D eigenvalue weighted by molar-refractivity contribution is 14.1. The molecule has 0 bridgehead atoms. The molecular weight excluding hydrogens is 319 g/mol. The molecule has 1 aromatic rings. The molecule has 1 aliphatic carbocycles. The first-order chi connectivity index (χ1) is 7.72. The summed E-state index contributed by atoms with van der Waals surface area (Å²) < 4.78 is 7.77. The number of hydrogen-bond donors (Lipinski definition) is 0. The SMILES string of the molecule is CCOC(=O)c1nn(C2CCCC2)cc1I. The Morgan fingerprint density at radius 1 is 1.62 bits per heavy atom. The average Bonchev–Trinajstić information content (AvgIpc) is 2.86. The Morgan fingerprint density at radius 3 is 2.94 bits per heavy atom. The van der Waals surface area contributed by atoms with Gasteiger partial charge in [0, 0.05) is 6.20 Å². The Kier molecular flexibility index (Phi) is 3.83. The summed E-state index contributed by atoms with van der Waals surface area (Å²) in [6.45, 7) is 2.20. The molecule has 1 aromatic heterocycles. The van der Waals surface area contributed by atoms with Gasteiger partial charge in [-0.3, -0.25) is 4.68 Å². The summed E-state index contributed by atoms with van der Waals surface area (Å²) in [7, 11) is 0. The van der Waals surface area contributed by atoms with Gasteiger partial charge in [0.05, 0.1) is 16.2 Å². The van der Waals surface area contributed by atoms with Crippen LogP contribution in [-0.2, 0) is 4.74 Å². The van der Waals surface area contributed by atoms with Crippen molar-refractivity contribution in [3.63, 3.8) is 0 Å². The Morgan fingerprint density at radius 2 is 2.31 bits per heavy atom. The zero-order valence-corrected chi connectivity index (χ0v) is 11.4. The molecular formula is C11H15IN2O2. The molecule has 0 radical (unpaired) electrons. The van der Waals surface area contributed by atoms with Crippen LogP contribution >= 0.6 is 22.6 Å². The molecule has 1 heterocycles. The van der Waals surface area contributed by atoms with Crippen molar-refractivity contribution in [2.75, 3.05) is 6.61 Å². The quantitative estimate of drug-likeness (QED) is 0.631. The fourth-order valence-electron chi connectivity index (χ4n) is 2.06. The lowest BCUT2D eigenvalue weighted by atomic mass is 10.3. The minimum absolute atomic E-state index is 0.316. The Hall–Kier alpha value is -0.590. The number of nitrogens with zero attached hydrogens (tertiary/aromatic N) is 2. The number of carbonyl (C=O) groups excluding carboxylic acids is 1. The molecule has 0 aromatic carbocycles. The largest absolute Gasteiger partial charge is 0.461 e. The molecule has 0 atom stereocenters. The second-order valence-corrected chi connectivity index (χ2v) is 5.13. The number of rotatable bonds is 3. The van der Waals surface area contributed by atoms with Crippen molar-refractivity contribution in [2.45, 2.75) is 38.6 Å². The molecule has 0 unspecified atom stereocenters. The van der Waals surface area contributed by atoms with Gasteiger partial charge in [-0.1, -0.05) is 12.8 Å². The van der Waals surface area contributed by atoms with E-state index in [0.717, 1.165) is 3.57 Å². The zero-order valence-electron chi connectivity index (χ0n) is 9.28. The fourth-order valence-corrected chi connectivity index (χ4v) is 2.68. The van der Waals surface area contributed by atoms with E-state index in [-0.39, 0.29) is 5.97 Å². The van der Waals surface area contributed by atoms with Crippen LogP contribution in [0.15, 0.2) is 6.20 Å². The van der Waals surface area contributed by atoms with Crippen LogP contribution in [0, 0.1) is 3.57 Å². The van der Waals surface area contributed by atoms with Gasteiger partial charge < -0.3 is 4.74 Å². The van der Waals surface area contributed by atoms with E-state index < -0.39 is 0 Å². The number of halogens is 1. The predicted octanol–water partition coefficient (Wildman–Crippen LogP) is 2.78. The first-order valence-electron chi connectivity index (χ1n) is 5.64. The molecule has 0 saturated heterocycles. The number of ether oxygens (including phenoxy) is 1. The maximum Gasteiger partial charge on any atom is 0.359 e. The van der Waals surface area contributed by atoms with E-state index in [4.69, 9.17) is 4.74 Å². The van der Waals surface area contributed by atoms with Crippen molar-refractivity contribution < 1.29 is 9.53 Å². The minimum atomic E-state index is -0.316. The van der Waals surface area contributed by atoms with E-state index >= 15 is 0 Å². The van der Waals surface area contributed by atoms with Crippen molar-refractivity contribution in [1.29, 1.82) is 0 Å². The highest BCUT2D eigenvalue weighted by Crippen LogP contribution is 2.29. The number of esters is 1. The van der Waals surface area contributed by atoms with Gasteiger partial charge >= 0.3 is 5.97 Å². The van der Waals surface area contributed by atoms with Gasteiger partial charge in [-0.15, -0.1) is 0 Å². The molecule has 88 valence electrons. The second-order valence-electron chi connectivity index (χ2n) is 3.96. The molecule has 16 heavy (non-hydrogen) atoms. The highest BCUT2D eigenvalue weighted by atomic mass is 127. The molecule has 0 spiro atoms. The molecule has 0 aliphatic heterocycles. The van der Waals surface area contributed by atoms with Crippen LogP contribution in [0.2, 0.25) is 0 Å². The summed E-state index contributed by atoms with van der Waals surface area (Å²) in [5.74, 6) is -0.316. The summed E-state index contributed by atoms with van der Waals surface area (Å²) in [5.41, 5.74) is 0.453. The van der Waals surface area contributed by atoms with Gasteiger partial charge in [0.2, 0.25) is 0 Å². The van der Waals surface area contributed by atoms with Crippen molar-refractivity contribution in [3.8, 4) is 0 Å². The predicted molar refractivity (Wildman–Crippen MR) is 68.4 cm³/mol. The molecule has 0 amide bonds. The molecule has 4 nitrogen and oxygen atoms in total. The maximum absolute atomic E-state index is 11.6. The fraction of sp³-hybridized carbons (Fsp3) is 0.636. The lowest BCUT2D eigenvalue weighted by Crippen LogP contribution is -2.10. The number of aromatic nitrogens is 2. The highest BCUT2D eigenvalue weighted by Gasteiger charge is 2.22. The van der Waals surface area contributed by atoms with E-state index in [9.17, 15) is 4.79 Å². The van der Waals surface area contributed by atoms with E-state index in [0.29, 0.717) is 18.3 Å². The van der Waals surface area contributed by atoms with Crippen LogP contribution < -0.4 is 0 Å². The van der Waals surface area contributed by atoms with Crippen LogP contribution in [0.5, 0.6) is 0 Å². The van der Waals surface area contributed by atoms with Crippen LogP contribution in [0.25, 0.3) is 0 Å². The average molecular weight is 334 g/mol. The maximum atomic E-state index is 11.6. The molecule has 2 rings (SSSR count). The summed E-state index contributed by atoms with van der Waals surface area (Å²) in [4.78, 5) is 11.6. The van der Waals surface area contributed by atoms with Gasteiger partial charge in [-0.2, -0.15) is 5.10 Å². The van der Waals surface area contributed by atoms with Crippen LogP contribution in [0.1, 0.15) is 49.1 Å². The molecule has 5 heteroatoms. The van der Waals surface area contributed by atoms with Crippen molar-refractivity contribution in [3.05, 3.63) is 15.5 Å². The molecule has 0 N–H and O–H groups in total. The van der Waals surface area contributed by atoms with Crippen molar-refractivity contribution in [2.24, 2.45) is 0 Å². The lowest BCUT2D eigenvalue weighted by molar-refractivity contribution is 0.0517. The van der Waals surface area contributed by atoms with Crippen molar-refractivity contribution in [1.82, 2.24) is 9.78 Å². The number of hydrogen-bond acceptors (Lipinski definition) is 3. The first-order valence-corrected chi connectivity index (χ1v) is 6.72. The third-order valence-electron chi connectivity index (χ3n) is 2.85. The first kappa shape index (κ1) is 11.9. The minimum Gasteiger partial charge on any atom is -0.461 e. The third kappa shape index (κ3) is 2.39. The van der Waals surface area contributed by atoms with E-state index in [2.05, 4.69) is 27.7 Å². The summed E-state index contributed by atoms with van der Waals surface area (Å²) in [6.07, 6.45) is 6.80. The van der Waals surface area contributed by atoms with Gasteiger partial charge in [0.25, 0.3) is 0 Å². The van der Waals surface area contributed by atoms with Crippen molar-refractivity contribution >= 4 is 28.6 Å². The standard InChI is InChI=1S/C11H15IN2O2/c1-2-16-11(15)10-9(12)7-14(13-10)8-5-3-4-6-8/h7-8H,2-6H2,1H3. The van der Waals surface area contributed by atoms with E-state index in [1.54, 1.807) is 6.92 Å². The number of carbonyl (C=O) groups is 1.